The quantitative estimate of drug-likeness (QED) is 0.892. The molecule has 5 rings (SSSR count). The first-order valence-electron chi connectivity index (χ1n) is 10.0. The SMILES string of the molecule is c1coc(-c2nc3c(c(N4CCN5CCCC[C@@H]5C4)n2)CCNCC3)c1. The Morgan fingerprint density at radius 2 is 2.04 bits per heavy atom. The smallest absolute Gasteiger partial charge is 0.197 e. The Morgan fingerprint density at radius 3 is 2.96 bits per heavy atom. The van der Waals surface area contributed by atoms with E-state index >= 15 is 0 Å². The van der Waals surface area contributed by atoms with Crippen LogP contribution in [0.5, 0.6) is 0 Å². The Morgan fingerprint density at radius 1 is 1.08 bits per heavy atom. The molecular weight excluding hydrogens is 326 g/mol. The molecule has 0 spiro atoms. The average molecular weight is 353 g/mol. The van der Waals surface area contributed by atoms with Crippen LogP contribution in [0.25, 0.3) is 11.6 Å². The Kier molecular flexibility index (Phi) is 4.38. The minimum atomic E-state index is 0.680. The molecule has 0 unspecified atom stereocenters. The molecule has 26 heavy (non-hydrogen) atoms. The predicted molar refractivity (Wildman–Crippen MR) is 101 cm³/mol. The third-order valence-corrected chi connectivity index (χ3v) is 6.04. The van der Waals surface area contributed by atoms with Gasteiger partial charge < -0.3 is 14.6 Å². The van der Waals surface area contributed by atoms with Crippen molar-refractivity contribution in [3.05, 3.63) is 29.7 Å². The van der Waals surface area contributed by atoms with Gasteiger partial charge in [0, 0.05) is 44.2 Å². The average Bonchev–Trinajstić information content (AvgIpc) is 3.12. The third-order valence-electron chi connectivity index (χ3n) is 6.04. The van der Waals surface area contributed by atoms with Gasteiger partial charge in [0.15, 0.2) is 11.6 Å². The monoisotopic (exact) mass is 353 g/mol. The Bertz CT molecular complexity index is 760. The second-order valence-electron chi connectivity index (χ2n) is 7.65. The summed E-state index contributed by atoms with van der Waals surface area (Å²) in [5.41, 5.74) is 2.53. The van der Waals surface area contributed by atoms with Gasteiger partial charge in [-0.2, -0.15) is 0 Å². The summed E-state index contributed by atoms with van der Waals surface area (Å²) in [6, 6.07) is 4.55. The van der Waals surface area contributed by atoms with Crippen molar-refractivity contribution in [1.29, 1.82) is 0 Å². The van der Waals surface area contributed by atoms with E-state index in [0.717, 1.165) is 63.0 Å². The minimum absolute atomic E-state index is 0.680. The fourth-order valence-corrected chi connectivity index (χ4v) is 4.65. The molecule has 3 aliphatic heterocycles. The van der Waals surface area contributed by atoms with E-state index in [2.05, 4.69) is 15.1 Å². The van der Waals surface area contributed by atoms with Crippen LogP contribution in [0.2, 0.25) is 0 Å². The maximum atomic E-state index is 5.60. The van der Waals surface area contributed by atoms with Gasteiger partial charge in [-0.1, -0.05) is 6.42 Å². The van der Waals surface area contributed by atoms with Crippen LogP contribution in [0.3, 0.4) is 0 Å². The molecule has 0 bridgehead atoms. The normalized spacial score (nSPS) is 24.0. The summed E-state index contributed by atoms with van der Waals surface area (Å²) in [5, 5.41) is 3.51. The summed E-state index contributed by atoms with van der Waals surface area (Å²) in [5.74, 6) is 2.65. The fourth-order valence-electron chi connectivity index (χ4n) is 4.65. The van der Waals surface area contributed by atoms with Gasteiger partial charge in [-0.15, -0.1) is 0 Å². The molecule has 1 atom stereocenters. The molecule has 0 radical (unpaired) electrons. The van der Waals surface area contributed by atoms with E-state index in [-0.39, 0.29) is 0 Å². The zero-order valence-electron chi connectivity index (χ0n) is 15.3. The zero-order chi connectivity index (χ0) is 17.3. The van der Waals surface area contributed by atoms with Gasteiger partial charge in [0.05, 0.1) is 12.0 Å². The molecule has 0 amide bonds. The van der Waals surface area contributed by atoms with Crippen molar-refractivity contribution in [1.82, 2.24) is 20.2 Å². The molecule has 2 saturated heterocycles. The van der Waals surface area contributed by atoms with Gasteiger partial charge in [-0.25, -0.2) is 9.97 Å². The summed E-state index contributed by atoms with van der Waals surface area (Å²) in [4.78, 5) is 15.1. The van der Waals surface area contributed by atoms with Crippen LogP contribution in [0.4, 0.5) is 5.82 Å². The Balaban J connectivity index is 1.53. The number of rotatable bonds is 2. The summed E-state index contributed by atoms with van der Waals surface area (Å²) in [6.45, 7) is 6.56. The lowest BCUT2D eigenvalue weighted by Crippen LogP contribution is -2.55. The number of aromatic nitrogens is 2. The minimum Gasteiger partial charge on any atom is -0.461 e. The van der Waals surface area contributed by atoms with E-state index in [1.54, 1.807) is 6.26 Å². The lowest BCUT2D eigenvalue weighted by Gasteiger charge is -2.45. The second kappa shape index (κ2) is 7.00. The van der Waals surface area contributed by atoms with Gasteiger partial charge >= 0.3 is 0 Å². The van der Waals surface area contributed by atoms with Crippen molar-refractivity contribution in [2.45, 2.75) is 38.1 Å². The number of hydrogen-bond acceptors (Lipinski definition) is 6. The number of piperidine rings is 1. The summed E-state index contributed by atoms with van der Waals surface area (Å²) >= 11 is 0. The van der Waals surface area contributed by atoms with Crippen molar-refractivity contribution in [2.24, 2.45) is 0 Å². The molecule has 0 aliphatic carbocycles. The molecule has 5 heterocycles. The van der Waals surface area contributed by atoms with Crippen LogP contribution in [0.1, 0.15) is 30.5 Å². The van der Waals surface area contributed by atoms with Crippen LogP contribution in [-0.2, 0) is 12.8 Å². The third kappa shape index (κ3) is 3.01. The number of hydrogen-bond donors (Lipinski definition) is 1. The first-order valence-corrected chi connectivity index (χ1v) is 10.0. The van der Waals surface area contributed by atoms with Crippen molar-refractivity contribution in [3.8, 4) is 11.6 Å². The number of nitrogens with zero attached hydrogens (tertiary/aromatic N) is 4. The van der Waals surface area contributed by atoms with Gasteiger partial charge in [-0.05, 0) is 44.5 Å². The summed E-state index contributed by atoms with van der Waals surface area (Å²) in [6.07, 6.45) is 7.70. The van der Waals surface area contributed by atoms with Crippen LogP contribution in [0.15, 0.2) is 22.8 Å². The number of piperazine rings is 1. The first kappa shape index (κ1) is 16.3. The molecule has 0 saturated carbocycles. The topological polar surface area (TPSA) is 57.4 Å². The fraction of sp³-hybridized carbons (Fsp3) is 0.600. The van der Waals surface area contributed by atoms with E-state index < -0.39 is 0 Å². The lowest BCUT2D eigenvalue weighted by atomic mass is 9.99. The Hall–Kier alpha value is -1.92. The highest BCUT2D eigenvalue weighted by Crippen LogP contribution is 2.30. The molecule has 2 aromatic heterocycles. The largest absolute Gasteiger partial charge is 0.461 e. The highest BCUT2D eigenvalue weighted by molar-refractivity contribution is 5.57. The maximum absolute atomic E-state index is 5.60. The van der Waals surface area contributed by atoms with E-state index in [9.17, 15) is 0 Å². The van der Waals surface area contributed by atoms with Crippen LogP contribution < -0.4 is 10.2 Å². The van der Waals surface area contributed by atoms with Crippen molar-refractivity contribution < 1.29 is 4.42 Å². The first-order chi connectivity index (χ1) is 12.9. The number of nitrogens with one attached hydrogen (secondary N) is 1. The lowest BCUT2D eigenvalue weighted by molar-refractivity contribution is 0.133. The van der Waals surface area contributed by atoms with Crippen LogP contribution in [-0.4, -0.2) is 60.2 Å². The van der Waals surface area contributed by atoms with Gasteiger partial charge in [-0.3, -0.25) is 4.90 Å². The molecule has 138 valence electrons. The predicted octanol–water partition coefficient (Wildman–Crippen LogP) is 2.10. The molecule has 2 fully saturated rings. The zero-order valence-corrected chi connectivity index (χ0v) is 15.3. The molecular formula is C20H27N5O. The standard InChI is InChI=1S/C20H27N5O/c1-2-10-24-11-12-25(14-15(24)4-1)20-16-6-8-21-9-7-17(16)22-19(23-20)18-5-3-13-26-18/h3,5,13,15,21H,1-2,4,6-12,14H2/t15-/m1/s1. The van der Waals surface area contributed by atoms with E-state index in [1.165, 1.54) is 37.1 Å². The molecule has 0 aromatic carbocycles. The van der Waals surface area contributed by atoms with Crippen molar-refractivity contribution in [3.63, 3.8) is 0 Å². The van der Waals surface area contributed by atoms with E-state index in [4.69, 9.17) is 14.4 Å². The molecule has 3 aliphatic rings. The second-order valence-corrected chi connectivity index (χ2v) is 7.65. The molecule has 2 aromatic rings. The van der Waals surface area contributed by atoms with Gasteiger partial charge in [0.1, 0.15) is 5.82 Å². The van der Waals surface area contributed by atoms with Crippen LogP contribution >= 0.6 is 0 Å². The number of anilines is 1. The van der Waals surface area contributed by atoms with Crippen molar-refractivity contribution >= 4 is 5.82 Å². The highest BCUT2D eigenvalue weighted by atomic mass is 16.3. The van der Waals surface area contributed by atoms with E-state index in [0.29, 0.717) is 6.04 Å². The van der Waals surface area contributed by atoms with Crippen molar-refractivity contribution in [2.75, 3.05) is 44.2 Å². The van der Waals surface area contributed by atoms with Gasteiger partial charge in [0.25, 0.3) is 0 Å². The summed E-state index contributed by atoms with van der Waals surface area (Å²) in [7, 11) is 0. The summed E-state index contributed by atoms with van der Waals surface area (Å²) < 4.78 is 5.60. The van der Waals surface area contributed by atoms with Gasteiger partial charge in [0.2, 0.25) is 0 Å². The van der Waals surface area contributed by atoms with Crippen LogP contribution in [0, 0.1) is 0 Å². The molecule has 6 heteroatoms. The van der Waals surface area contributed by atoms with E-state index in [1.807, 2.05) is 12.1 Å². The Labute approximate surface area is 154 Å². The molecule has 6 nitrogen and oxygen atoms in total. The highest BCUT2D eigenvalue weighted by Gasteiger charge is 2.31. The number of furan rings is 1. The molecule has 1 N–H and O–H groups in total. The number of fused-ring (bicyclic) bond motifs is 2. The maximum Gasteiger partial charge on any atom is 0.197 e.